The molecule has 0 amide bonds. The number of hydrogen-bond acceptors (Lipinski definition) is 22. The number of fused-ring (bicyclic) bond motifs is 1. The first-order chi connectivity index (χ1) is 24.9. The first-order valence-electron chi connectivity index (χ1n) is 13.2. The molecule has 0 aliphatic carbocycles. The summed E-state index contributed by atoms with van der Waals surface area (Å²) in [6, 6.07) is 15.5. The number of azo groups is 2. The minimum absolute atomic E-state index is 0. The molecular formula is C26H22CuN5Na4O18S5-. The molecule has 0 heterocycles. The monoisotopic (exact) mass is 1010 g/mol. The molecule has 23 nitrogen and oxygen atoms in total. The average Bonchev–Trinajstić information content (AvgIpc) is 3.05. The number of ether oxygens (including phenoxy) is 1. The maximum atomic E-state index is 12.2. The van der Waals surface area contributed by atoms with E-state index >= 15 is 0 Å². The minimum atomic E-state index is -5.14. The van der Waals surface area contributed by atoms with Gasteiger partial charge in [0, 0.05) is 58.4 Å². The van der Waals surface area contributed by atoms with Gasteiger partial charge in [-0.3, -0.25) is 4.55 Å². The molecule has 1 radical (unpaired) electrons. The number of anilines is 1. The van der Waals surface area contributed by atoms with Crippen LogP contribution in [0.15, 0.2) is 78.8 Å². The van der Waals surface area contributed by atoms with E-state index in [1.165, 1.54) is 25.3 Å². The normalized spacial score (nSPS) is 10.4. The van der Waals surface area contributed by atoms with E-state index in [2.05, 4.69) is 44.8 Å². The molecule has 4 rings (SSSR count). The van der Waals surface area contributed by atoms with Crippen LogP contribution in [0.5, 0.6) is 17.2 Å². The Balaban J connectivity index is -0.000000473. The number of benzene rings is 4. The van der Waals surface area contributed by atoms with Crippen molar-refractivity contribution >= 4 is 90.8 Å². The number of phenolic OH excluding ortho intramolecular Hbond substituents is 2. The van der Waals surface area contributed by atoms with Gasteiger partial charge < -0.3 is 36.3 Å². The number of nitrogens with zero attached hydrogens (tertiary/aromatic N) is 4. The number of nitrogens with one attached hydrogen (secondary N) is 1. The van der Waals surface area contributed by atoms with Crippen molar-refractivity contribution in [3.63, 3.8) is 0 Å². The molecule has 4 N–H and O–H groups in total. The molecule has 0 unspecified atom stereocenters. The van der Waals surface area contributed by atoms with Crippen LogP contribution in [0.25, 0.3) is 10.8 Å². The van der Waals surface area contributed by atoms with Crippen molar-refractivity contribution in [2.75, 3.05) is 25.2 Å². The van der Waals surface area contributed by atoms with E-state index in [9.17, 15) is 31.6 Å². The third-order valence-corrected chi connectivity index (χ3v) is 8.14. The Labute approximate surface area is 439 Å². The molecule has 59 heavy (non-hydrogen) atoms. The second kappa shape index (κ2) is 31.0. The van der Waals surface area contributed by atoms with E-state index in [4.69, 9.17) is 47.5 Å². The second-order valence-corrected chi connectivity index (χ2v) is 14.2. The van der Waals surface area contributed by atoms with Crippen molar-refractivity contribution in [1.82, 2.24) is 0 Å². The van der Waals surface area contributed by atoms with Crippen molar-refractivity contribution in [2.45, 2.75) is 9.79 Å². The number of hydrogen-bond donors (Lipinski definition) is 4. The number of aromatic hydroxyl groups is 2. The standard InChI is InChI=1S/C26H22N5O8S2.Cu.4Na.H2O4S.2O3S/c1-4-40(34,35)16-6-9-19(24(14-16)41(36,37)38)28-31-25-17-7-11-21(26(33)18(17)8-10-20(25)27-2)29-30-22-13-15(39-3)5-12-23(22)32;;;;;;1-5(2,3)4;2*1-4(2)3/h6-10,12-14,27,32-33H,1,4H2,2-3H3,(H,36,37,38);;;;;;(H2,1,2,3,4);;/q-3;;4*+1;;;/p-2. The van der Waals surface area contributed by atoms with Gasteiger partial charge in [0.25, 0.3) is 0 Å². The Hall–Kier alpha value is -0.971. The average molecular weight is 1010 g/mol. The summed E-state index contributed by atoms with van der Waals surface area (Å²) >= 11 is 0. The molecule has 0 aliphatic heterocycles. The van der Waals surface area contributed by atoms with Gasteiger partial charge in [-0.15, -0.1) is 37.4 Å². The summed E-state index contributed by atoms with van der Waals surface area (Å²) in [6.07, 6.45) is 0. The second-order valence-electron chi connectivity index (χ2n) is 9.07. The molecule has 0 fully saturated rings. The Morgan fingerprint density at radius 3 is 1.75 bits per heavy atom. The SMILES string of the molecule is O=S(=O)([O-])O.O=S(=O)=O.O=S(=O)=O.[CH2-]CS(=O)(=O)c1ccc(N=Nc2c(NC)ccc3c(O)c(N=Nc4cc(OC)[c-]cc4O)[c-]cc23)c(S(=O)(=O)[O-])c1.[Cu].[Na+].[Na+].[Na+].[Na+]. The van der Waals surface area contributed by atoms with Crippen LogP contribution >= 0.6 is 0 Å². The molecule has 4 aromatic rings. The quantitative estimate of drug-likeness (QED) is 0.0398. The van der Waals surface area contributed by atoms with Crippen molar-refractivity contribution < 1.29 is 214 Å². The smallest absolute Gasteiger partial charge is 0.744 e. The van der Waals surface area contributed by atoms with Crippen LogP contribution in [0.2, 0.25) is 0 Å². The van der Waals surface area contributed by atoms with Crippen molar-refractivity contribution in [2.24, 2.45) is 20.5 Å². The summed E-state index contributed by atoms with van der Waals surface area (Å²) in [5.74, 6) is -0.781. The molecule has 0 atom stereocenters. The Kier molecular flexibility index (Phi) is 35.2. The summed E-state index contributed by atoms with van der Waals surface area (Å²) in [5.41, 5.74) is 0.168. The van der Waals surface area contributed by atoms with Crippen LogP contribution < -0.4 is 128 Å². The van der Waals surface area contributed by atoms with E-state index in [0.717, 1.165) is 12.1 Å². The maximum absolute atomic E-state index is 12.2. The Morgan fingerprint density at radius 1 is 0.780 bits per heavy atom. The van der Waals surface area contributed by atoms with Crippen molar-refractivity contribution in [1.29, 1.82) is 0 Å². The van der Waals surface area contributed by atoms with Gasteiger partial charge >= 0.3 is 139 Å². The van der Waals surface area contributed by atoms with Crippen LogP contribution in [0.3, 0.4) is 0 Å². The van der Waals surface area contributed by atoms with E-state index in [0.29, 0.717) is 22.9 Å². The van der Waals surface area contributed by atoms with Crippen molar-refractivity contribution in [3.8, 4) is 17.2 Å². The fourth-order valence-corrected chi connectivity index (χ4v) is 5.15. The number of methoxy groups -OCH3 is 1. The molecule has 33 heteroatoms. The molecule has 0 saturated carbocycles. The number of rotatable bonds is 9. The minimum Gasteiger partial charge on any atom is -0.744 e. The van der Waals surface area contributed by atoms with Gasteiger partial charge in [-0.2, -0.15) is 32.6 Å². The van der Waals surface area contributed by atoms with Crippen LogP contribution in [0.1, 0.15) is 0 Å². The molecule has 0 saturated heterocycles. The topological polar surface area (TPSA) is 382 Å². The van der Waals surface area contributed by atoms with Gasteiger partial charge in [0.1, 0.15) is 15.8 Å². The summed E-state index contributed by atoms with van der Waals surface area (Å²) < 4.78 is 149. The fourth-order valence-electron chi connectivity index (χ4n) is 3.63. The van der Waals surface area contributed by atoms with Gasteiger partial charge in [-0.1, -0.05) is 28.7 Å². The summed E-state index contributed by atoms with van der Waals surface area (Å²) in [5, 5.41) is 40.3. The van der Waals surface area contributed by atoms with E-state index in [1.54, 1.807) is 19.2 Å². The molecule has 0 aliphatic rings. The first kappa shape index (κ1) is 67.1. The van der Waals surface area contributed by atoms with Crippen molar-refractivity contribution in [3.05, 3.63) is 67.6 Å². The number of phenols is 2. The zero-order valence-electron chi connectivity index (χ0n) is 31.1. The van der Waals surface area contributed by atoms with Crippen LogP contribution in [-0.4, -0.2) is 94.3 Å². The number of sulfone groups is 1. The summed E-state index contributed by atoms with van der Waals surface area (Å²) in [4.78, 5) is -1.28. The van der Waals surface area contributed by atoms with E-state index in [1.807, 2.05) is 0 Å². The predicted molar refractivity (Wildman–Crippen MR) is 179 cm³/mol. The fraction of sp³-hybridized carbons (Fsp3) is 0.115. The maximum Gasteiger partial charge on any atom is 1.00 e. The third kappa shape index (κ3) is 24.5. The van der Waals surface area contributed by atoms with Gasteiger partial charge in [0.2, 0.25) is 10.4 Å². The molecule has 0 spiro atoms. The van der Waals surface area contributed by atoms with Crippen LogP contribution in [0.4, 0.5) is 28.4 Å². The zero-order valence-corrected chi connectivity index (χ0v) is 44.2. The molecule has 0 aromatic heterocycles. The molecule has 0 bridgehead atoms. The Morgan fingerprint density at radius 2 is 1.29 bits per heavy atom. The molecule has 4 aromatic carbocycles. The van der Waals surface area contributed by atoms with E-state index < -0.39 is 72.8 Å². The van der Waals surface area contributed by atoms with Crippen LogP contribution in [-0.2, 0) is 68.6 Å². The largest absolute Gasteiger partial charge is 1.00 e. The molecular weight excluding hydrogens is 986 g/mol. The third-order valence-electron chi connectivity index (χ3n) is 5.76. The van der Waals surface area contributed by atoms with Crippen LogP contribution in [0, 0.1) is 19.1 Å². The first-order valence-corrected chi connectivity index (χ1v) is 19.6. The van der Waals surface area contributed by atoms with Gasteiger partial charge in [0.15, 0.2) is 9.84 Å². The summed E-state index contributed by atoms with van der Waals surface area (Å²) in [7, 11) is -17.2. The summed E-state index contributed by atoms with van der Waals surface area (Å²) in [6.45, 7) is 3.31. The zero-order chi connectivity index (χ0) is 41.6. The van der Waals surface area contributed by atoms with Gasteiger partial charge in [-0.05, 0) is 24.3 Å². The van der Waals surface area contributed by atoms with E-state index in [-0.39, 0.29) is 169 Å². The molecule has 305 valence electrons. The Bertz CT molecular complexity index is 2610. The predicted octanol–water partition coefficient (Wildman–Crippen LogP) is -9.75. The van der Waals surface area contributed by atoms with Gasteiger partial charge in [0.05, 0.1) is 22.6 Å². The van der Waals surface area contributed by atoms with Gasteiger partial charge in [-0.25, -0.2) is 25.3 Å².